The molecule has 24 heavy (non-hydrogen) atoms. The molecule has 2 aromatic rings. The molecule has 2 rings (SSSR count). The van der Waals surface area contributed by atoms with Gasteiger partial charge in [-0.05, 0) is 56.0 Å². The lowest BCUT2D eigenvalue weighted by Crippen LogP contribution is -2.22. The SMILES string of the molecule is CN(CCCCc1ccc(Cc2ccccc2)cc1)CCC(=O)O. The van der Waals surface area contributed by atoms with Crippen molar-refractivity contribution in [2.75, 3.05) is 20.1 Å². The molecule has 0 heterocycles. The topological polar surface area (TPSA) is 40.5 Å². The predicted octanol–water partition coefficient (Wildman–Crippen LogP) is 4.01. The Morgan fingerprint density at radius 2 is 1.50 bits per heavy atom. The number of benzene rings is 2. The first kappa shape index (κ1) is 18.2. The summed E-state index contributed by atoms with van der Waals surface area (Å²) >= 11 is 0. The number of carbonyl (C=O) groups is 1. The van der Waals surface area contributed by atoms with Gasteiger partial charge >= 0.3 is 5.97 Å². The summed E-state index contributed by atoms with van der Waals surface area (Å²) in [5, 5.41) is 8.67. The van der Waals surface area contributed by atoms with Gasteiger partial charge in [0.2, 0.25) is 0 Å². The highest BCUT2D eigenvalue weighted by Crippen LogP contribution is 2.12. The summed E-state index contributed by atoms with van der Waals surface area (Å²) < 4.78 is 0. The minimum Gasteiger partial charge on any atom is -0.481 e. The standard InChI is InChI=1S/C21H27NO2/c1-22(16-14-21(23)24)15-6-5-7-18-10-12-20(13-11-18)17-19-8-3-2-4-9-19/h2-4,8-13H,5-7,14-17H2,1H3,(H,23,24). The van der Waals surface area contributed by atoms with Crippen LogP contribution in [0.5, 0.6) is 0 Å². The Labute approximate surface area is 144 Å². The van der Waals surface area contributed by atoms with Gasteiger partial charge in [-0.15, -0.1) is 0 Å². The van der Waals surface area contributed by atoms with Gasteiger partial charge in [-0.2, -0.15) is 0 Å². The second kappa shape index (κ2) is 9.89. The van der Waals surface area contributed by atoms with Crippen LogP contribution in [0.3, 0.4) is 0 Å². The number of aryl methyl sites for hydroxylation is 1. The third kappa shape index (κ3) is 6.97. The molecule has 0 unspecified atom stereocenters. The van der Waals surface area contributed by atoms with E-state index in [0.717, 1.165) is 32.2 Å². The summed E-state index contributed by atoms with van der Waals surface area (Å²) in [6.07, 6.45) is 4.52. The van der Waals surface area contributed by atoms with Crippen molar-refractivity contribution in [3.63, 3.8) is 0 Å². The molecule has 0 radical (unpaired) electrons. The molecule has 3 heteroatoms. The first-order valence-electron chi connectivity index (χ1n) is 8.65. The Morgan fingerprint density at radius 3 is 2.17 bits per heavy atom. The van der Waals surface area contributed by atoms with Gasteiger partial charge in [-0.3, -0.25) is 4.79 Å². The van der Waals surface area contributed by atoms with Crippen molar-refractivity contribution in [3.8, 4) is 0 Å². The molecule has 0 aliphatic carbocycles. The maximum absolute atomic E-state index is 10.5. The average Bonchev–Trinajstić information content (AvgIpc) is 2.59. The number of rotatable bonds is 10. The summed E-state index contributed by atoms with van der Waals surface area (Å²) in [7, 11) is 1.99. The van der Waals surface area contributed by atoms with E-state index in [-0.39, 0.29) is 6.42 Å². The summed E-state index contributed by atoms with van der Waals surface area (Å²) in [6, 6.07) is 19.4. The van der Waals surface area contributed by atoms with E-state index in [4.69, 9.17) is 5.11 Å². The first-order chi connectivity index (χ1) is 11.6. The van der Waals surface area contributed by atoms with Crippen LogP contribution in [0.1, 0.15) is 36.0 Å². The van der Waals surface area contributed by atoms with Crippen LogP contribution in [0, 0.1) is 0 Å². The maximum atomic E-state index is 10.5. The lowest BCUT2D eigenvalue weighted by atomic mass is 10.0. The quantitative estimate of drug-likeness (QED) is 0.671. The number of hydrogen-bond donors (Lipinski definition) is 1. The van der Waals surface area contributed by atoms with Crippen LogP contribution >= 0.6 is 0 Å². The molecular formula is C21H27NO2. The fraction of sp³-hybridized carbons (Fsp3) is 0.381. The van der Waals surface area contributed by atoms with Crippen LogP contribution in [0.25, 0.3) is 0 Å². The molecule has 0 bridgehead atoms. The summed E-state index contributed by atoms with van der Waals surface area (Å²) in [5.74, 6) is -0.725. The molecule has 0 saturated carbocycles. The molecule has 0 atom stereocenters. The van der Waals surface area contributed by atoms with E-state index in [0.29, 0.717) is 6.54 Å². The van der Waals surface area contributed by atoms with Gasteiger partial charge in [0.05, 0.1) is 6.42 Å². The number of nitrogens with zero attached hydrogens (tertiary/aromatic N) is 1. The van der Waals surface area contributed by atoms with Crippen LogP contribution in [-0.4, -0.2) is 36.1 Å². The molecule has 3 nitrogen and oxygen atoms in total. The zero-order valence-corrected chi connectivity index (χ0v) is 14.4. The zero-order chi connectivity index (χ0) is 17.2. The fourth-order valence-corrected chi connectivity index (χ4v) is 2.76. The second-order valence-electron chi connectivity index (χ2n) is 6.38. The van der Waals surface area contributed by atoms with Crippen molar-refractivity contribution >= 4 is 5.97 Å². The minimum atomic E-state index is -0.725. The predicted molar refractivity (Wildman–Crippen MR) is 98.4 cm³/mol. The molecule has 1 N–H and O–H groups in total. The highest BCUT2D eigenvalue weighted by atomic mass is 16.4. The van der Waals surface area contributed by atoms with Crippen molar-refractivity contribution in [1.29, 1.82) is 0 Å². The van der Waals surface area contributed by atoms with Crippen molar-refractivity contribution in [1.82, 2.24) is 4.90 Å². The van der Waals surface area contributed by atoms with Crippen LogP contribution in [-0.2, 0) is 17.6 Å². The van der Waals surface area contributed by atoms with Gasteiger partial charge in [0, 0.05) is 6.54 Å². The van der Waals surface area contributed by atoms with Gasteiger partial charge in [-0.25, -0.2) is 0 Å². The smallest absolute Gasteiger partial charge is 0.304 e. The highest BCUT2D eigenvalue weighted by molar-refractivity contribution is 5.66. The number of hydrogen-bond acceptors (Lipinski definition) is 2. The highest BCUT2D eigenvalue weighted by Gasteiger charge is 2.02. The largest absolute Gasteiger partial charge is 0.481 e. The van der Waals surface area contributed by atoms with Gasteiger partial charge in [0.15, 0.2) is 0 Å². The van der Waals surface area contributed by atoms with Crippen LogP contribution < -0.4 is 0 Å². The maximum Gasteiger partial charge on any atom is 0.304 e. The van der Waals surface area contributed by atoms with Gasteiger partial charge < -0.3 is 10.0 Å². The fourth-order valence-electron chi connectivity index (χ4n) is 2.76. The molecule has 0 amide bonds. The Balaban J connectivity index is 1.67. The Hall–Kier alpha value is -2.13. The van der Waals surface area contributed by atoms with Crippen molar-refractivity contribution in [2.45, 2.75) is 32.1 Å². The van der Waals surface area contributed by atoms with E-state index < -0.39 is 5.97 Å². The third-order valence-corrected chi connectivity index (χ3v) is 4.24. The third-order valence-electron chi connectivity index (χ3n) is 4.24. The lowest BCUT2D eigenvalue weighted by Gasteiger charge is -2.14. The normalized spacial score (nSPS) is 10.9. The zero-order valence-electron chi connectivity index (χ0n) is 14.4. The van der Waals surface area contributed by atoms with E-state index in [9.17, 15) is 4.79 Å². The van der Waals surface area contributed by atoms with Crippen LogP contribution in [0.4, 0.5) is 0 Å². The summed E-state index contributed by atoms with van der Waals surface area (Å²) in [4.78, 5) is 12.6. The van der Waals surface area contributed by atoms with Crippen molar-refractivity contribution in [3.05, 3.63) is 71.3 Å². The minimum absolute atomic E-state index is 0.222. The molecular weight excluding hydrogens is 298 g/mol. The van der Waals surface area contributed by atoms with Crippen molar-refractivity contribution in [2.24, 2.45) is 0 Å². The molecule has 2 aromatic carbocycles. The van der Waals surface area contributed by atoms with E-state index in [1.165, 1.54) is 16.7 Å². The van der Waals surface area contributed by atoms with E-state index >= 15 is 0 Å². The summed E-state index contributed by atoms with van der Waals surface area (Å²) in [5.41, 5.74) is 4.06. The van der Waals surface area contributed by atoms with E-state index in [2.05, 4.69) is 53.4 Å². The lowest BCUT2D eigenvalue weighted by molar-refractivity contribution is -0.137. The number of unbranched alkanes of at least 4 members (excludes halogenated alkanes) is 1. The number of aliphatic carboxylic acids is 1. The Bertz CT molecular complexity index is 607. The van der Waals surface area contributed by atoms with E-state index in [1.807, 2.05) is 13.1 Å². The van der Waals surface area contributed by atoms with Crippen LogP contribution in [0.15, 0.2) is 54.6 Å². The first-order valence-corrected chi connectivity index (χ1v) is 8.65. The van der Waals surface area contributed by atoms with Gasteiger partial charge in [0.25, 0.3) is 0 Å². The number of carboxylic acid groups (broad SMARTS) is 1. The van der Waals surface area contributed by atoms with E-state index in [1.54, 1.807) is 0 Å². The average molecular weight is 325 g/mol. The van der Waals surface area contributed by atoms with Crippen LogP contribution in [0.2, 0.25) is 0 Å². The molecule has 0 fully saturated rings. The number of carboxylic acids is 1. The van der Waals surface area contributed by atoms with Crippen molar-refractivity contribution < 1.29 is 9.90 Å². The second-order valence-corrected chi connectivity index (χ2v) is 6.38. The Kier molecular flexibility index (Phi) is 7.50. The molecule has 128 valence electrons. The molecule has 0 aromatic heterocycles. The molecule has 0 spiro atoms. The monoisotopic (exact) mass is 325 g/mol. The molecule has 0 saturated heterocycles. The molecule has 0 aliphatic heterocycles. The Morgan fingerprint density at radius 1 is 0.875 bits per heavy atom. The molecule has 0 aliphatic rings. The summed E-state index contributed by atoms with van der Waals surface area (Å²) in [6.45, 7) is 1.59. The van der Waals surface area contributed by atoms with Gasteiger partial charge in [-0.1, -0.05) is 54.6 Å². The van der Waals surface area contributed by atoms with Gasteiger partial charge in [0.1, 0.15) is 0 Å².